The average molecular weight is 377 g/mol. The van der Waals surface area contributed by atoms with Crippen LogP contribution < -0.4 is 10.2 Å². The first-order valence-electron chi connectivity index (χ1n) is 10.2. The van der Waals surface area contributed by atoms with E-state index in [1.54, 1.807) is 4.90 Å². The SMILES string of the molecule is O=C(c1cccc(N2CCNC2=O)c1)N1CCCC(CCc2ccccc2)C1. The highest BCUT2D eigenvalue weighted by Gasteiger charge is 2.26. The van der Waals surface area contributed by atoms with Crippen LogP contribution in [0.15, 0.2) is 54.6 Å². The van der Waals surface area contributed by atoms with Crippen LogP contribution in [0.2, 0.25) is 0 Å². The molecule has 0 bridgehead atoms. The lowest BCUT2D eigenvalue weighted by molar-refractivity contribution is 0.0668. The number of hydrogen-bond donors (Lipinski definition) is 1. The first-order chi connectivity index (χ1) is 13.7. The van der Waals surface area contributed by atoms with Gasteiger partial charge in [0, 0.05) is 37.4 Å². The van der Waals surface area contributed by atoms with Gasteiger partial charge in [-0.1, -0.05) is 36.4 Å². The highest BCUT2D eigenvalue weighted by molar-refractivity contribution is 5.98. The predicted molar refractivity (Wildman–Crippen MR) is 111 cm³/mol. The van der Waals surface area contributed by atoms with Crippen LogP contribution in [-0.2, 0) is 6.42 Å². The van der Waals surface area contributed by atoms with Crippen molar-refractivity contribution in [1.29, 1.82) is 0 Å². The molecule has 0 aliphatic carbocycles. The Morgan fingerprint density at radius 1 is 1.07 bits per heavy atom. The Kier molecular flexibility index (Phi) is 5.60. The van der Waals surface area contributed by atoms with Gasteiger partial charge in [-0.2, -0.15) is 0 Å². The van der Waals surface area contributed by atoms with Crippen molar-refractivity contribution in [3.63, 3.8) is 0 Å². The second-order valence-electron chi connectivity index (χ2n) is 7.72. The maximum absolute atomic E-state index is 13.1. The molecule has 2 saturated heterocycles. The van der Waals surface area contributed by atoms with Crippen molar-refractivity contribution in [2.24, 2.45) is 5.92 Å². The Balaban J connectivity index is 1.39. The molecule has 5 nitrogen and oxygen atoms in total. The van der Waals surface area contributed by atoms with E-state index in [0.717, 1.165) is 38.0 Å². The van der Waals surface area contributed by atoms with Crippen molar-refractivity contribution in [1.82, 2.24) is 10.2 Å². The van der Waals surface area contributed by atoms with Crippen LogP contribution >= 0.6 is 0 Å². The number of likely N-dealkylation sites (tertiary alicyclic amines) is 1. The van der Waals surface area contributed by atoms with Crippen LogP contribution in [-0.4, -0.2) is 43.0 Å². The van der Waals surface area contributed by atoms with Gasteiger partial charge in [0.25, 0.3) is 5.91 Å². The second-order valence-corrected chi connectivity index (χ2v) is 7.72. The number of piperidine rings is 1. The normalized spacial score (nSPS) is 19.6. The quantitative estimate of drug-likeness (QED) is 0.864. The third-order valence-electron chi connectivity index (χ3n) is 5.75. The van der Waals surface area contributed by atoms with E-state index in [2.05, 4.69) is 29.6 Å². The zero-order valence-electron chi connectivity index (χ0n) is 16.1. The summed E-state index contributed by atoms with van der Waals surface area (Å²) in [6.45, 7) is 2.92. The van der Waals surface area contributed by atoms with Crippen molar-refractivity contribution < 1.29 is 9.59 Å². The molecule has 3 amide bonds. The van der Waals surface area contributed by atoms with Gasteiger partial charge >= 0.3 is 6.03 Å². The van der Waals surface area contributed by atoms with Crippen LogP contribution in [0.3, 0.4) is 0 Å². The number of hydrogen-bond acceptors (Lipinski definition) is 2. The van der Waals surface area contributed by atoms with Gasteiger partial charge in [-0.05, 0) is 55.4 Å². The zero-order chi connectivity index (χ0) is 19.3. The van der Waals surface area contributed by atoms with Gasteiger partial charge in [0.05, 0.1) is 0 Å². The molecule has 1 atom stereocenters. The third kappa shape index (κ3) is 4.19. The zero-order valence-corrected chi connectivity index (χ0v) is 16.1. The number of aryl methyl sites for hydroxylation is 1. The molecule has 0 aromatic heterocycles. The standard InChI is InChI=1S/C23H27N3O2/c27-22(20-9-4-10-21(16-20)26-15-13-24-23(26)28)25-14-5-8-19(17-25)12-11-18-6-2-1-3-7-18/h1-4,6-7,9-10,16,19H,5,8,11-15,17H2,(H,24,28). The number of anilines is 1. The molecule has 5 heteroatoms. The van der Waals surface area contributed by atoms with E-state index in [1.807, 2.05) is 35.2 Å². The van der Waals surface area contributed by atoms with Crippen molar-refractivity contribution >= 4 is 17.6 Å². The smallest absolute Gasteiger partial charge is 0.321 e. The summed E-state index contributed by atoms with van der Waals surface area (Å²) in [5.74, 6) is 0.622. The van der Waals surface area contributed by atoms with Crippen LogP contribution in [0, 0.1) is 5.92 Å². The second kappa shape index (κ2) is 8.46. The number of nitrogens with one attached hydrogen (secondary N) is 1. The van der Waals surface area contributed by atoms with Crippen LogP contribution in [0.1, 0.15) is 35.2 Å². The van der Waals surface area contributed by atoms with Gasteiger partial charge in [-0.15, -0.1) is 0 Å². The number of nitrogens with zero attached hydrogens (tertiary/aromatic N) is 2. The molecule has 2 aliphatic heterocycles. The molecular formula is C23H27N3O2. The van der Waals surface area contributed by atoms with Gasteiger partial charge in [0.15, 0.2) is 0 Å². The van der Waals surface area contributed by atoms with E-state index in [9.17, 15) is 9.59 Å². The van der Waals surface area contributed by atoms with Gasteiger partial charge in [-0.25, -0.2) is 4.79 Å². The summed E-state index contributed by atoms with van der Waals surface area (Å²) in [4.78, 5) is 28.7. The van der Waals surface area contributed by atoms with E-state index >= 15 is 0 Å². The first-order valence-corrected chi connectivity index (χ1v) is 10.2. The fourth-order valence-corrected chi connectivity index (χ4v) is 4.21. The molecule has 4 rings (SSSR count). The molecule has 2 aliphatic rings. The Labute approximate surface area is 166 Å². The summed E-state index contributed by atoms with van der Waals surface area (Å²) in [5.41, 5.74) is 2.82. The topological polar surface area (TPSA) is 52.7 Å². The molecule has 146 valence electrons. The number of carbonyl (C=O) groups is 2. The fraction of sp³-hybridized carbons (Fsp3) is 0.391. The maximum Gasteiger partial charge on any atom is 0.321 e. The molecule has 1 unspecified atom stereocenters. The van der Waals surface area contributed by atoms with Gasteiger partial charge in [-0.3, -0.25) is 9.69 Å². The molecule has 0 saturated carbocycles. The molecule has 28 heavy (non-hydrogen) atoms. The van der Waals surface area contributed by atoms with Crippen LogP contribution in [0.25, 0.3) is 0 Å². The molecule has 1 N–H and O–H groups in total. The van der Waals surface area contributed by atoms with Gasteiger partial charge in [0.2, 0.25) is 0 Å². The minimum atomic E-state index is -0.0939. The van der Waals surface area contributed by atoms with E-state index in [0.29, 0.717) is 24.6 Å². The summed E-state index contributed by atoms with van der Waals surface area (Å²) in [7, 11) is 0. The van der Waals surface area contributed by atoms with Crippen LogP contribution in [0.4, 0.5) is 10.5 Å². The number of amides is 3. The predicted octanol–water partition coefficient (Wildman–Crippen LogP) is 3.70. The van der Waals surface area contributed by atoms with E-state index in [-0.39, 0.29) is 11.9 Å². The average Bonchev–Trinajstić information content (AvgIpc) is 3.19. The lowest BCUT2D eigenvalue weighted by atomic mass is 9.91. The molecular weight excluding hydrogens is 350 g/mol. The third-order valence-corrected chi connectivity index (χ3v) is 5.75. The van der Waals surface area contributed by atoms with Crippen LogP contribution in [0.5, 0.6) is 0 Å². The summed E-state index contributed by atoms with van der Waals surface area (Å²) in [5, 5.41) is 2.81. The minimum Gasteiger partial charge on any atom is -0.338 e. The summed E-state index contributed by atoms with van der Waals surface area (Å²) >= 11 is 0. The summed E-state index contributed by atoms with van der Waals surface area (Å²) in [6, 6.07) is 17.9. The largest absolute Gasteiger partial charge is 0.338 e. The molecule has 0 radical (unpaired) electrons. The van der Waals surface area contributed by atoms with Crippen molar-refractivity contribution in [3.05, 3.63) is 65.7 Å². The first kappa shape index (κ1) is 18.5. The van der Waals surface area contributed by atoms with Crippen molar-refractivity contribution in [3.8, 4) is 0 Å². The van der Waals surface area contributed by atoms with E-state index < -0.39 is 0 Å². The molecule has 2 heterocycles. The van der Waals surface area contributed by atoms with Crippen molar-refractivity contribution in [2.75, 3.05) is 31.1 Å². The number of carbonyl (C=O) groups excluding carboxylic acids is 2. The molecule has 2 aromatic rings. The number of rotatable bonds is 5. The summed E-state index contributed by atoms with van der Waals surface area (Å²) < 4.78 is 0. The lowest BCUT2D eigenvalue weighted by Gasteiger charge is -2.33. The lowest BCUT2D eigenvalue weighted by Crippen LogP contribution is -2.40. The van der Waals surface area contributed by atoms with Gasteiger partial charge in [0.1, 0.15) is 0 Å². The Hall–Kier alpha value is -2.82. The highest BCUT2D eigenvalue weighted by Crippen LogP contribution is 2.24. The van der Waals surface area contributed by atoms with E-state index in [1.165, 1.54) is 12.0 Å². The Morgan fingerprint density at radius 2 is 1.93 bits per heavy atom. The van der Waals surface area contributed by atoms with Gasteiger partial charge < -0.3 is 10.2 Å². The number of benzene rings is 2. The fourth-order valence-electron chi connectivity index (χ4n) is 4.21. The highest BCUT2D eigenvalue weighted by atomic mass is 16.2. The minimum absolute atomic E-state index is 0.0749. The van der Waals surface area contributed by atoms with E-state index in [4.69, 9.17) is 0 Å². The Bertz CT molecular complexity index is 837. The molecule has 2 aromatic carbocycles. The molecule has 2 fully saturated rings. The van der Waals surface area contributed by atoms with Crippen molar-refractivity contribution in [2.45, 2.75) is 25.7 Å². The maximum atomic E-state index is 13.1. The Morgan fingerprint density at radius 3 is 2.71 bits per heavy atom. The molecule has 0 spiro atoms. The monoisotopic (exact) mass is 377 g/mol. The number of urea groups is 1. The summed E-state index contributed by atoms with van der Waals surface area (Å²) in [6.07, 6.45) is 4.42.